The smallest absolute Gasteiger partial charge is 0.228 e. The molecule has 0 bridgehead atoms. The molecule has 4 rings (SSSR count). The van der Waals surface area contributed by atoms with Crippen LogP contribution in [0.2, 0.25) is 0 Å². The molecule has 1 aliphatic heterocycles. The van der Waals surface area contributed by atoms with E-state index in [1.807, 2.05) is 55.5 Å². The fraction of sp³-hybridized carbons (Fsp3) is 0.417. The number of aliphatic hydroxyl groups is 1. The molecule has 2 amide bonds. The van der Waals surface area contributed by atoms with Crippen molar-refractivity contribution in [3.05, 3.63) is 59.7 Å². The van der Waals surface area contributed by atoms with E-state index in [9.17, 15) is 14.7 Å². The Morgan fingerprint density at radius 2 is 1.97 bits per heavy atom. The van der Waals surface area contributed by atoms with Gasteiger partial charge in [0.25, 0.3) is 0 Å². The van der Waals surface area contributed by atoms with Crippen LogP contribution in [-0.4, -0.2) is 48.1 Å². The zero-order valence-electron chi connectivity index (χ0n) is 17.5. The molecule has 2 aliphatic rings. The number of nitrogens with zero attached hydrogens (tertiary/aromatic N) is 2. The Labute approximate surface area is 177 Å². The van der Waals surface area contributed by atoms with Gasteiger partial charge < -0.3 is 19.6 Å². The van der Waals surface area contributed by atoms with Gasteiger partial charge in [-0.15, -0.1) is 0 Å². The number of aliphatic hydroxyl groups excluding tert-OH is 1. The molecule has 2 aromatic rings. The van der Waals surface area contributed by atoms with Crippen molar-refractivity contribution in [2.45, 2.75) is 38.3 Å². The lowest BCUT2D eigenvalue weighted by Gasteiger charge is -2.28. The molecule has 1 N–H and O–H groups in total. The van der Waals surface area contributed by atoms with Crippen LogP contribution in [0, 0.1) is 12.8 Å². The normalized spacial score (nSPS) is 19.6. The lowest BCUT2D eigenvalue weighted by molar-refractivity contribution is -0.137. The minimum Gasteiger partial charge on any atom is -0.495 e. The molecular weight excluding hydrogens is 380 g/mol. The molecular formula is C24H28N2O4. The van der Waals surface area contributed by atoms with Gasteiger partial charge in [0, 0.05) is 19.0 Å². The van der Waals surface area contributed by atoms with Crippen LogP contribution in [0.4, 0.5) is 5.69 Å². The summed E-state index contributed by atoms with van der Waals surface area (Å²) in [7, 11) is 1.58. The number of ether oxygens (including phenoxy) is 1. The standard InChI is InChI=1S/C24H28N2O4/c1-16-8-11-22(30-2)20(12-16)26-14-18(13-23(26)28)24(29)25(19-9-10-19)15-21(27)17-6-4-3-5-7-17/h3-8,11-12,18-19,21,27H,9-10,13-15H2,1-2H3/t18-,21+/m0/s1. The minimum atomic E-state index is -0.735. The molecule has 2 aromatic carbocycles. The Bertz CT molecular complexity index is 926. The van der Waals surface area contributed by atoms with E-state index in [2.05, 4.69) is 0 Å². The van der Waals surface area contributed by atoms with Gasteiger partial charge in [-0.2, -0.15) is 0 Å². The molecule has 2 fully saturated rings. The zero-order valence-corrected chi connectivity index (χ0v) is 17.5. The van der Waals surface area contributed by atoms with Gasteiger partial charge in [0.2, 0.25) is 11.8 Å². The predicted molar refractivity (Wildman–Crippen MR) is 114 cm³/mol. The van der Waals surface area contributed by atoms with E-state index in [1.54, 1.807) is 16.9 Å². The topological polar surface area (TPSA) is 70.1 Å². The van der Waals surface area contributed by atoms with Gasteiger partial charge in [0.05, 0.1) is 31.4 Å². The second-order valence-electron chi connectivity index (χ2n) is 8.23. The van der Waals surface area contributed by atoms with Crippen LogP contribution in [0.5, 0.6) is 5.75 Å². The van der Waals surface area contributed by atoms with Crippen molar-refractivity contribution in [2.24, 2.45) is 5.92 Å². The fourth-order valence-corrected chi connectivity index (χ4v) is 4.12. The molecule has 0 spiro atoms. The summed E-state index contributed by atoms with van der Waals surface area (Å²) in [6.45, 7) is 2.56. The van der Waals surface area contributed by atoms with E-state index in [4.69, 9.17) is 4.74 Å². The number of amides is 2. The van der Waals surface area contributed by atoms with Crippen LogP contribution in [0.1, 0.15) is 36.5 Å². The van der Waals surface area contributed by atoms with Crippen LogP contribution in [0.15, 0.2) is 48.5 Å². The van der Waals surface area contributed by atoms with E-state index in [0.717, 1.165) is 24.0 Å². The van der Waals surface area contributed by atoms with Gasteiger partial charge in [-0.1, -0.05) is 36.4 Å². The van der Waals surface area contributed by atoms with Gasteiger partial charge in [-0.25, -0.2) is 0 Å². The zero-order chi connectivity index (χ0) is 21.3. The SMILES string of the molecule is COc1ccc(C)cc1N1C[C@@H](C(=O)N(C[C@@H](O)c2ccccc2)C2CC2)CC1=O. The van der Waals surface area contributed by atoms with Gasteiger partial charge in [0.1, 0.15) is 5.75 Å². The van der Waals surface area contributed by atoms with Crippen molar-refractivity contribution in [3.8, 4) is 5.75 Å². The Balaban J connectivity index is 1.50. The number of hydrogen-bond donors (Lipinski definition) is 1. The molecule has 1 saturated heterocycles. The van der Waals surface area contributed by atoms with E-state index >= 15 is 0 Å². The third kappa shape index (κ3) is 4.19. The van der Waals surface area contributed by atoms with Crippen LogP contribution < -0.4 is 9.64 Å². The lowest BCUT2D eigenvalue weighted by Crippen LogP contribution is -2.41. The average Bonchev–Trinajstić information content (AvgIpc) is 3.53. The summed E-state index contributed by atoms with van der Waals surface area (Å²) in [6, 6.07) is 15.3. The summed E-state index contributed by atoms with van der Waals surface area (Å²) >= 11 is 0. The van der Waals surface area contributed by atoms with Crippen molar-refractivity contribution in [2.75, 3.05) is 25.1 Å². The molecule has 0 radical (unpaired) electrons. The first-order valence-corrected chi connectivity index (χ1v) is 10.5. The van der Waals surface area contributed by atoms with E-state index < -0.39 is 12.0 Å². The molecule has 1 heterocycles. The largest absolute Gasteiger partial charge is 0.495 e. The quantitative estimate of drug-likeness (QED) is 0.764. The molecule has 158 valence electrons. The fourth-order valence-electron chi connectivity index (χ4n) is 4.12. The summed E-state index contributed by atoms with van der Waals surface area (Å²) in [5, 5.41) is 10.7. The number of carbonyl (C=O) groups is 2. The Hall–Kier alpha value is -2.86. The molecule has 0 aromatic heterocycles. The first-order chi connectivity index (χ1) is 14.5. The second kappa shape index (κ2) is 8.48. The maximum absolute atomic E-state index is 13.3. The van der Waals surface area contributed by atoms with E-state index in [1.165, 1.54) is 0 Å². The molecule has 30 heavy (non-hydrogen) atoms. The Morgan fingerprint density at radius 1 is 1.23 bits per heavy atom. The summed E-state index contributed by atoms with van der Waals surface area (Å²) in [5.74, 6) is 0.0958. The molecule has 6 nitrogen and oxygen atoms in total. The Morgan fingerprint density at radius 3 is 2.63 bits per heavy atom. The molecule has 1 saturated carbocycles. The van der Waals surface area contributed by atoms with Gasteiger partial charge in [0.15, 0.2) is 0 Å². The van der Waals surface area contributed by atoms with E-state index in [0.29, 0.717) is 18.0 Å². The van der Waals surface area contributed by atoms with Crippen molar-refractivity contribution in [1.82, 2.24) is 4.90 Å². The first-order valence-electron chi connectivity index (χ1n) is 10.5. The number of hydrogen-bond acceptors (Lipinski definition) is 4. The van der Waals surface area contributed by atoms with Crippen molar-refractivity contribution in [1.29, 1.82) is 0 Å². The first kappa shape index (κ1) is 20.4. The second-order valence-corrected chi connectivity index (χ2v) is 8.23. The summed E-state index contributed by atoms with van der Waals surface area (Å²) in [6.07, 6.45) is 1.34. The highest BCUT2D eigenvalue weighted by molar-refractivity contribution is 6.01. The highest BCUT2D eigenvalue weighted by Gasteiger charge is 2.42. The number of carbonyl (C=O) groups excluding carboxylic acids is 2. The monoisotopic (exact) mass is 408 g/mol. The average molecular weight is 408 g/mol. The summed E-state index contributed by atoms with van der Waals surface area (Å²) in [4.78, 5) is 29.6. The van der Waals surface area contributed by atoms with Crippen molar-refractivity contribution in [3.63, 3.8) is 0 Å². The minimum absolute atomic E-state index is 0.0463. The van der Waals surface area contributed by atoms with Gasteiger partial charge in [-0.05, 0) is 43.0 Å². The van der Waals surface area contributed by atoms with Crippen molar-refractivity contribution >= 4 is 17.5 Å². The third-order valence-corrected chi connectivity index (χ3v) is 5.92. The highest BCUT2D eigenvalue weighted by atomic mass is 16.5. The van der Waals surface area contributed by atoms with Gasteiger partial charge >= 0.3 is 0 Å². The lowest BCUT2D eigenvalue weighted by atomic mass is 10.0. The third-order valence-electron chi connectivity index (χ3n) is 5.92. The van der Waals surface area contributed by atoms with Crippen LogP contribution in [0.3, 0.4) is 0 Å². The number of aryl methyl sites for hydroxylation is 1. The summed E-state index contributed by atoms with van der Waals surface area (Å²) < 4.78 is 5.43. The maximum Gasteiger partial charge on any atom is 0.228 e. The van der Waals surface area contributed by atoms with Crippen LogP contribution in [0.25, 0.3) is 0 Å². The number of rotatable bonds is 7. The van der Waals surface area contributed by atoms with Gasteiger partial charge in [-0.3, -0.25) is 9.59 Å². The number of anilines is 1. The van der Waals surface area contributed by atoms with Crippen LogP contribution >= 0.6 is 0 Å². The number of benzene rings is 2. The Kier molecular flexibility index (Phi) is 5.77. The van der Waals surface area contributed by atoms with Crippen molar-refractivity contribution < 1.29 is 19.4 Å². The van der Waals surface area contributed by atoms with Crippen LogP contribution in [-0.2, 0) is 9.59 Å². The summed E-state index contributed by atoms with van der Waals surface area (Å²) in [5.41, 5.74) is 2.53. The van der Waals surface area contributed by atoms with E-state index in [-0.39, 0.29) is 30.8 Å². The maximum atomic E-state index is 13.3. The predicted octanol–water partition coefficient (Wildman–Crippen LogP) is 3.08. The molecule has 2 atom stereocenters. The number of methoxy groups -OCH3 is 1. The molecule has 6 heteroatoms. The molecule has 0 unspecified atom stereocenters. The highest BCUT2D eigenvalue weighted by Crippen LogP contribution is 2.36. The molecule has 1 aliphatic carbocycles.